The lowest BCUT2D eigenvalue weighted by atomic mass is 9.78. The van der Waals surface area contributed by atoms with Crippen molar-refractivity contribution in [2.24, 2.45) is 11.8 Å². The highest BCUT2D eigenvalue weighted by Gasteiger charge is 2.20. The number of unbranched alkanes of at least 4 members (excludes halogenated alkanes) is 3. The van der Waals surface area contributed by atoms with Crippen LogP contribution in [0.5, 0.6) is 11.5 Å². The second-order valence-electron chi connectivity index (χ2n) is 8.87. The maximum Gasteiger partial charge on any atom is 0.119 e. The van der Waals surface area contributed by atoms with Gasteiger partial charge in [-0.1, -0.05) is 89.0 Å². The zero-order chi connectivity index (χ0) is 20.3. The van der Waals surface area contributed by atoms with E-state index in [0.717, 1.165) is 23.1 Å². The van der Waals surface area contributed by atoms with Crippen LogP contribution in [-0.2, 0) is 13.0 Å². The first kappa shape index (κ1) is 21.7. The second-order valence-corrected chi connectivity index (χ2v) is 8.87. The third-order valence-electron chi connectivity index (χ3n) is 6.54. The van der Waals surface area contributed by atoms with Crippen molar-refractivity contribution in [3.63, 3.8) is 0 Å². The third-order valence-corrected chi connectivity index (χ3v) is 6.54. The number of hydrogen-bond donors (Lipinski definition) is 1. The van der Waals surface area contributed by atoms with Gasteiger partial charge in [0.05, 0.1) is 0 Å². The van der Waals surface area contributed by atoms with Crippen molar-refractivity contribution in [2.75, 3.05) is 0 Å². The Hall–Kier alpha value is -1.96. The Bertz CT molecular complexity index is 681. The van der Waals surface area contributed by atoms with Crippen molar-refractivity contribution in [3.05, 3.63) is 59.7 Å². The predicted octanol–water partition coefficient (Wildman–Crippen LogP) is 7.68. The van der Waals surface area contributed by atoms with Gasteiger partial charge in [0.1, 0.15) is 18.1 Å². The minimum absolute atomic E-state index is 0.290. The van der Waals surface area contributed by atoms with Crippen LogP contribution >= 0.6 is 0 Å². The molecule has 1 fully saturated rings. The van der Waals surface area contributed by atoms with Gasteiger partial charge in [0, 0.05) is 0 Å². The first-order chi connectivity index (χ1) is 14.2. The maximum atomic E-state index is 9.34. The van der Waals surface area contributed by atoms with E-state index in [2.05, 4.69) is 31.2 Å². The highest BCUT2D eigenvalue weighted by atomic mass is 16.5. The molecule has 29 heavy (non-hydrogen) atoms. The van der Waals surface area contributed by atoms with Crippen LogP contribution in [0.2, 0.25) is 0 Å². The molecule has 0 radical (unpaired) electrons. The summed E-state index contributed by atoms with van der Waals surface area (Å²) in [5.74, 6) is 3.13. The van der Waals surface area contributed by atoms with Gasteiger partial charge in [-0.25, -0.2) is 0 Å². The molecule has 0 atom stereocenters. The fourth-order valence-corrected chi connectivity index (χ4v) is 4.55. The summed E-state index contributed by atoms with van der Waals surface area (Å²) in [5.41, 5.74) is 2.48. The normalized spacial score (nSPS) is 19.2. The number of hydrogen-bond acceptors (Lipinski definition) is 2. The lowest BCUT2D eigenvalue weighted by Gasteiger charge is -2.28. The van der Waals surface area contributed by atoms with E-state index in [4.69, 9.17) is 4.74 Å². The van der Waals surface area contributed by atoms with E-state index in [1.54, 1.807) is 12.1 Å². The highest BCUT2D eigenvalue weighted by Crippen LogP contribution is 2.34. The van der Waals surface area contributed by atoms with E-state index in [0.29, 0.717) is 12.4 Å². The SMILES string of the molecule is CCCCCCC1CCC(CCc2ccc(OCc3ccc(O)cc3)cc2)CC1. The van der Waals surface area contributed by atoms with Gasteiger partial charge < -0.3 is 9.84 Å². The van der Waals surface area contributed by atoms with Gasteiger partial charge in [0.25, 0.3) is 0 Å². The summed E-state index contributed by atoms with van der Waals surface area (Å²) in [5, 5.41) is 9.34. The maximum absolute atomic E-state index is 9.34. The van der Waals surface area contributed by atoms with Gasteiger partial charge in [-0.05, 0) is 60.1 Å². The molecule has 1 saturated carbocycles. The van der Waals surface area contributed by atoms with Crippen molar-refractivity contribution in [1.82, 2.24) is 0 Å². The Kier molecular flexibility index (Phi) is 8.92. The number of rotatable bonds is 11. The van der Waals surface area contributed by atoms with Crippen molar-refractivity contribution < 1.29 is 9.84 Å². The third kappa shape index (κ3) is 7.76. The van der Waals surface area contributed by atoms with Crippen LogP contribution in [0.3, 0.4) is 0 Å². The summed E-state index contributed by atoms with van der Waals surface area (Å²) in [4.78, 5) is 0. The van der Waals surface area contributed by atoms with Gasteiger partial charge in [-0.15, -0.1) is 0 Å². The van der Waals surface area contributed by atoms with Gasteiger partial charge >= 0.3 is 0 Å². The number of ether oxygens (including phenoxy) is 1. The zero-order valence-corrected chi connectivity index (χ0v) is 18.1. The highest BCUT2D eigenvalue weighted by molar-refractivity contribution is 5.29. The molecular formula is C27H38O2. The Morgan fingerprint density at radius 3 is 2.03 bits per heavy atom. The Morgan fingerprint density at radius 2 is 1.38 bits per heavy atom. The van der Waals surface area contributed by atoms with Gasteiger partial charge in [0.15, 0.2) is 0 Å². The fourth-order valence-electron chi connectivity index (χ4n) is 4.55. The Morgan fingerprint density at radius 1 is 0.759 bits per heavy atom. The van der Waals surface area contributed by atoms with Crippen molar-refractivity contribution in [2.45, 2.75) is 84.2 Å². The fraction of sp³-hybridized carbons (Fsp3) is 0.556. The molecule has 2 heteroatoms. The minimum Gasteiger partial charge on any atom is -0.508 e. The van der Waals surface area contributed by atoms with Crippen LogP contribution in [0, 0.1) is 11.8 Å². The summed E-state index contributed by atoms with van der Waals surface area (Å²) < 4.78 is 5.86. The smallest absolute Gasteiger partial charge is 0.119 e. The van der Waals surface area contributed by atoms with E-state index in [1.807, 2.05) is 12.1 Å². The Labute approximate surface area is 177 Å². The van der Waals surface area contributed by atoms with Crippen LogP contribution in [-0.4, -0.2) is 5.11 Å². The van der Waals surface area contributed by atoms with Crippen LogP contribution in [0.1, 0.15) is 82.3 Å². The van der Waals surface area contributed by atoms with Crippen LogP contribution < -0.4 is 4.74 Å². The summed E-state index contributed by atoms with van der Waals surface area (Å²) in [6.45, 7) is 2.82. The predicted molar refractivity (Wildman–Crippen MR) is 121 cm³/mol. The molecule has 1 aliphatic rings. The first-order valence-electron chi connectivity index (χ1n) is 11.7. The summed E-state index contributed by atoms with van der Waals surface area (Å²) in [6, 6.07) is 15.8. The molecule has 0 spiro atoms. The second kappa shape index (κ2) is 11.9. The van der Waals surface area contributed by atoms with E-state index < -0.39 is 0 Å². The van der Waals surface area contributed by atoms with Gasteiger partial charge in [-0.3, -0.25) is 0 Å². The Balaban J connectivity index is 1.32. The van der Waals surface area contributed by atoms with E-state index in [1.165, 1.54) is 76.2 Å². The molecule has 0 saturated heterocycles. The van der Waals surface area contributed by atoms with E-state index in [9.17, 15) is 5.11 Å². The number of benzene rings is 2. The molecule has 2 aromatic carbocycles. The number of aromatic hydroxyl groups is 1. The lowest BCUT2D eigenvalue weighted by molar-refractivity contribution is 0.249. The molecular weight excluding hydrogens is 356 g/mol. The quantitative estimate of drug-likeness (QED) is 0.396. The first-order valence-corrected chi connectivity index (χ1v) is 11.7. The molecule has 0 aliphatic heterocycles. The average Bonchev–Trinajstić information content (AvgIpc) is 2.76. The van der Waals surface area contributed by atoms with Gasteiger partial charge in [-0.2, -0.15) is 0 Å². The van der Waals surface area contributed by atoms with Crippen LogP contribution in [0.4, 0.5) is 0 Å². The lowest BCUT2D eigenvalue weighted by Crippen LogP contribution is -2.15. The molecule has 1 N–H and O–H groups in total. The molecule has 2 nitrogen and oxygen atoms in total. The molecule has 0 bridgehead atoms. The molecule has 1 aliphatic carbocycles. The van der Waals surface area contributed by atoms with Gasteiger partial charge in [0.2, 0.25) is 0 Å². The molecule has 3 rings (SSSR count). The molecule has 2 aromatic rings. The topological polar surface area (TPSA) is 29.5 Å². The molecule has 158 valence electrons. The number of phenolic OH excluding ortho intramolecular Hbond substituents is 1. The number of phenols is 1. The molecule has 0 heterocycles. The largest absolute Gasteiger partial charge is 0.508 e. The zero-order valence-electron chi connectivity index (χ0n) is 18.1. The molecule has 0 aromatic heterocycles. The van der Waals surface area contributed by atoms with Crippen molar-refractivity contribution in [3.8, 4) is 11.5 Å². The van der Waals surface area contributed by atoms with Crippen LogP contribution in [0.15, 0.2) is 48.5 Å². The van der Waals surface area contributed by atoms with Crippen LogP contribution in [0.25, 0.3) is 0 Å². The average molecular weight is 395 g/mol. The van der Waals surface area contributed by atoms with Crippen molar-refractivity contribution in [1.29, 1.82) is 0 Å². The summed E-state index contributed by atoms with van der Waals surface area (Å²) in [7, 11) is 0. The standard InChI is InChI=1S/C27H38O2/c1-2-3-4-5-6-22-7-9-23(10-8-22)11-12-24-15-19-27(20-16-24)29-21-25-13-17-26(28)18-14-25/h13-20,22-23,28H,2-12,21H2,1H3. The summed E-state index contributed by atoms with van der Waals surface area (Å²) >= 11 is 0. The summed E-state index contributed by atoms with van der Waals surface area (Å²) in [6.07, 6.45) is 15.4. The molecule has 0 amide bonds. The minimum atomic E-state index is 0.290. The van der Waals surface area contributed by atoms with Crippen molar-refractivity contribution >= 4 is 0 Å². The monoisotopic (exact) mass is 394 g/mol. The number of aryl methyl sites for hydroxylation is 1. The van der Waals surface area contributed by atoms with E-state index >= 15 is 0 Å². The molecule has 0 unspecified atom stereocenters. The van der Waals surface area contributed by atoms with E-state index in [-0.39, 0.29) is 0 Å².